The molecule has 2 aliphatic heterocycles. The van der Waals surface area contributed by atoms with Crippen molar-refractivity contribution >= 4 is 17.0 Å². The Hall–Kier alpha value is -3.47. The third-order valence-corrected chi connectivity index (χ3v) is 5.72. The van der Waals surface area contributed by atoms with E-state index in [2.05, 4.69) is 20.9 Å². The lowest BCUT2D eigenvalue weighted by atomic mass is 10.1. The molecule has 8 nitrogen and oxygen atoms in total. The van der Waals surface area contributed by atoms with E-state index < -0.39 is 11.2 Å². The summed E-state index contributed by atoms with van der Waals surface area (Å²) in [6.07, 6.45) is 11.3. The summed E-state index contributed by atoms with van der Waals surface area (Å²) in [5.74, 6) is 2.70. The summed E-state index contributed by atoms with van der Waals surface area (Å²) >= 11 is 0. The number of nitrogens with one attached hydrogen (secondary N) is 1. The van der Waals surface area contributed by atoms with Crippen molar-refractivity contribution in [2.45, 2.75) is 71.8 Å². The number of aromatic nitrogens is 4. The fourth-order valence-corrected chi connectivity index (χ4v) is 3.76. The number of benzene rings is 1. The van der Waals surface area contributed by atoms with Gasteiger partial charge in [0.15, 0.2) is 11.5 Å². The first-order chi connectivity index (χ1) is 15.9. The molecule has 2 heterocycles. The van der Waals surface area contributed by atoms with Gasteiger partial charge in [-0.3, -0.25) is 14.6 Å². The van der Waals surface area contributed by atoms with Crippen molar-refractivity contribution in [3.05, 3.63) is 44.1 Å². The molecule has 1 aromatic carbocycles. The maximum absolute atomic E-state index is 12.3. The summed E-state index contributed by atoms with van der Waals surface area (Å²) in [7, 11) is 0. The van der Waals surface area contributed by atoms with E-state index in [4.69, 9.17) is 11.2 Å². The van der Waals surface area contributed by atoms with Crippen molar-refractivity contribution in [1.82, 2.24) is 19.5 Å². The number of H-pyrrole nitrogens is 1. The van der Waals surface area contributed by atoms with E-state index in [1.807, 2.05) is 30.5 Å². The average molecular weight is 451 g/mol. The molecule has 0 amide bonds. The minimum absolute atomic E-state index is 0.162. The van der Waals surface area contributed by atoms with Crippen LogP contribution in [0.3, 0.4) is 0 Å². The molecular weight excluding hydrogens is 420 g/mol. The third-order valence-electron chi connectivity index (χ3n) is 5.72. The Labute approximate surface area is 192 Å². The molecule has 1 N–H and O–H groups in total. The summed E-state index contributed by atoms with van der Waals surface area (Å²) in [4.78, 5) is 46.7. The number of rotatable bonds is 11. The van der Waals surface area contributed by atoms with Gasteiger partial charge >= 0.3 is 11.7 Å². The van der Waals surface area contributed by atoms with E-state index in [9.17, 15) is 14.4 Å². The Morgan fingerprint density at radius 1 is 1.06 bits per heavy atom. The van der Waals surface area contributed by atoms with Crippen molar-refractivity contribution in [2.24, 2.45) is 0 Å². The Bertz CT molecular complexity index is 1250. The summed E-state index contributed by atoms with van der Waals surface area (Å²) < 4.78 is 7.12. The van der Waals surface area contributed by atoms with Gasteiger partial charge in [-0.2, -0.15) is 4.98 Å². The number of ether oxygens (including phenoxy) is 1. The molecule has 3 rings (SSSR count). The summed E-state index contributed by atoms with van der Waals surface area (Å²) in [6, 6.07) is 3.97. The Morgan fingerprint density at radius 3 is 2.61 bits per heavy atom. The van der Waals surface area contributed by atoms with Gasteiger partial charge in [-0.15, -0.1) is 12.3 Å². The number of unbranched alkanes of at least 4 members (excludes halogenated alkanes) is 5. The Kier molecular flexibility index (Phi) is 8.36. The predicted molar refractivity (Wildman–Crippen MR) is 127 cm³/mol. The third kappa shape index (κ3) is 6.28. The van der Waals surface area contributed by atoms with Gasteiger partial charge in [-0.25, -0.2) is 9.78 Å². The molecule has 0 saturated carbocycles. The zero-order chi connectivity index (χ0) is 23.8. The first-order valence-electron chi connectivity index (χ1n) is 11.4. The predicted octanol–water partition coefficient (Wildman–Crippen LogP) is 3.50. The molecule has 0 fully saturated rings. The van der Waals surface area contributed by atoms with Crippen molar-refractivity contribution in [3.8, 4) is 23.9 Å². The molecule has 0 saturated heterocycles. The molecular formula is C25H30N4O4. The van der Waals surface area contributed by atoms with Crippen molar-refractivity contribution in [2.75, 3.05) is 6.61 Å². The fraction of sp³-hybridized carbons (Fsp3) is 0.480. The van der Waals surface area contributed by atoms with Gasteiger partial charge in [0, 0.05) is 19.4 Å². The highest BCUT2D eigenvalue weighted by atomic mass is 16.5. The number of carbonyl (C=O) groups excluding carboxylic acids is 1. The molecule has 0 radical (unpaired) electrons. The molecule has 0 bridgehead atoms. The van der Waals surface area contributed by atoms with Crippen LogP contribution in [0.15, 0.2) is 21.7 Å². The molecule has 0 atom stereocenters. The van der Waals surface area contributed by atoms with E-state index in [0.29, 0.717) is 37.3 Å². The average Bonchev–Trinajstić information content (AvgIpc) is 2.77. The standard InChI is InChI=1S/C25H30N4O4/c1-4-5-6-11-14-33-21(30)12-9-7-8-10-13-29-20-16-18(3)17(2)15-19(20)26-22-23(29)27-25(32)28-24(22)31/h1,15-16H,5-14H2,2-3H3,(H,28,31,32). The van der Waals surface area contributed by atoms with E-state index in [1.54, 1.807) is 0 Å². The number of hydrogen-bond acceptors (Lipinski definition) is 6. The number of aromatic amines is 1. The zero-order valence-corrected chi connectivity index (χ0v) is 19.3. The van der Waals surface area contributed by atoms with Crippen molar-refractivity contribution in [3.63, 3.8) is 0 Å². The van der Waals surface area contributed by atoms with Gasteiger partial charge < -0.3 is 9.30 Å². The first-order valence-corrected chi connectivity index (χ1v) is 11.4. The maximum atomic E-state index is 12.3. The van der Waals surface area contributed by atoms with Crippen LogP contribution >= 0.6 is 0 Å². The summed E-state index contributed by atoms with van der Waals surface area (Å²) in [5.41, 5.74) is 2.67. The molecule has 174 valence electrons. The Morgan fingerprint density at radius 2 is 1.82 bits per heavy atom. The van der Waals surface area contributed by atoms with Gasteiger partial charge in [0.1, 0.15) is 0 Å². The second kappa shape index (κ2) is 11.4. The van der Waals surface area contributed by atoms with Crippen LogP contribution in [0.25, 0.3) is 22.6 Å². The highest BCUT2D eigenvalue weighted by molar-refractivity contribution is 5.81. The minimum Gasteiger partial charge on any atom is -0.466 e. The Balaban J connectivity index is 1.61. The number of nitrogens with zero attached hydrogens (tertiary/aromatic N) is 3. The highest BCUT2D eigenvalue weighted by Gasteiger charge is 2.19. The molecule has 1 aromatic rings. The SMILES string of the molecule is C#CCCCCOC(=O)CCCCCCn1c2nc(=O)[nH]c(=O)c-2nc2cc(C)c(C)cc21. The number of terminal acetylenes is 1. The first kappa shape index (κ1) is 24.2. The van der Waals surface area contributed by atoms with Crippen molar-refractivity contribution in [1.29, 1.82) is 0 Å². The van der Waals surface area contributed by atoms with Crippen LogP contribution in [0.2, 0.25) is 0 Å². The quantitative estimate of drug-likeness (QED) is 0.207. The minimum atomic E-state index is -0.677. The smallest absolute Gasteiger partial charge is 0.349 e. The van der Waals surface area contributed by atoms with Crippen LogP contribution < -0.4 is 11.2 Å². The van der Waals surface area contributed by atoms with Crippen LogP contribution in [-0.2, 0) is 16.1 Å². The lowest BCUT2D eigenvalue weighted by Crippen LogP contribution is -2.29. The van der Waals surface area contributed by atoms with Crippen molar-refractivity contribution < 1.29 is 9.53 Å². The molecule has 0 unspecified atom stereocenters. The van der Waals surface area contributed by atoms with E-state index in [0.717, 1.165) is 55.2 Å². The zero-order valence-electron chi connectivity index (χ0n) is 19.3. The van der Waals surface area contributed by atoms with Gasteiger partial charge in [0.05, 0.1) is 17.6 Å². The van der Waals surface area contributed by atoms with E-state index in [-0.39, 0.29) is 11.7 Å². The lowest BCUT2D eigenvalue weighted by molar-refractivity contribution is -0.143. The van der Waals surface area contributed by atoms with E-state index >= 15 is 0 Å². The van der Waals surface area contributed by atoms with E-state index in [1.165, 1.54) is 0 Å². The van der Waals surface area contributed by atoms with Gasteiger partial charge in [0.2, 0.25) is 0 Å². The largest absolute Gasteiger partial charge is 0.466 e. The molecule has 8 heteroatoms. The monoisotopic (exact) mass is 450 g/mol. The summed E-state index contributed by atoms with van der Waals surface area (Å²) in [6.45, 7) is 5.03. The van der Waals surface area contributed by atoms with Crippen LogP contribution in [0.4, 0.5) is 0 Å². The molecule has 2 aliphatic rings. The second-order valence-corrected chi connectivity index (χ2v) is 8.28. The second-order valence-electron chi connectivity index (χ2n) is 8.28. The number of hydrogen-bond donors (Lipinski definition) is 1. The fourth-order valence-electron chi connectivity index (χ4n) is 3.76. The molecule has 0 spiro atoms. The van der Waals surface area contributed by atoms with Crippen LogP contribution in [0, 0.1) is 26.2 Å². The number of fused-ring (bicyclic) bond motifs is 2. The molecule has 0 aliphatic carbocycles. The maximum Gasteiger partial charge on any atom is 0.349 e. The van der Waals surface area contributed by atoms with Crippen LogP contribution in [-0.4, -0.2) is 32.1 Å². The number of aryl methyl sites for hydroxylation is 3. The highest BCUT2D eigenvalue weighted by Crippen LogP contribution is 2.24. The molecule has 33 heavy (non-hydrogen) atoms. The number of esters is 1. The van der Waals surface area contributed by atoms with Crippen LogP contribution in [0.1, 0.15) is 62.5 Å². The van der Waals surface area contributed by atoms with Gasteiger partial charge in [-0.05, 0) is 62.8 Å². The van der Waals surface area contributed by atoms with Gasteiger partial charge in [0.25, 0.3) is 5.56 Å². The summed E-state index contributed by atoms with van der Waals surface area (Å²) in [5, 5.41) is 0. The van der Waals surface area contributed by atoms with Crippen LogP contribution in [0.5, 0.6) is 0 Å². The van der Waals surface area contributed by atoms with Gasteiger partial charge in [-0.1, -0.05) is 12.8 Å². The molecule has 0 aromatic heterocycles. The number of carbonyl (C=O) groups is 1. The topological polar surface area (TPSA) is 107 Å². The lowest BCUT2D eigenvalue weighted by Gasteiger charge is -2.17. The normalized spacial score (nSPS) is 11.1.